The number of carbonyl (C=O) groups excluding carboxylic acids is 2. The molecule has 192 valence electrons. The molecule has 1 fully saturated rings. The normalized spacial score (nSPS) is 23.9. The second-order valence-corrected chi connectivity index (χ2v) is 10.4. The van der Waals surface area contributed by atoms with Crippen LogP contribution in [0.3, 0.4) is 0 Å². The number of aromatic amines is 1. The van der Waals surface area contributed by atoms with E-state index in [4.69, 9.17) is 4.74 Å². The lowest BCUT2D eigenvalue weighted by atomic mass is 9.78. The molecule has 2 N–H and O–H groups in total. The molecule has 8 heteroatoms. The van der Waals surface area contributed by atoms with E-state index in [0.29, 0.717) is 13.0 Å². The minimum absolute atomic E-state index is 0.0345. The fourth-order valence-electron chi connectivity index (χ4n) is 6.24. The molecule has 3 aliphatic rings. The monoisotopic (exact) mass is 500 g/mol. The lowest BCUT2D eigenvalue weighted by Crippen LogP contribution is -2.70. The van der Waals surface area contributed by atoms with Crippen molar-refractivity contribution >= 4 is 22.7 Å². The summed E-state index contributed by atoms with van der Waals surface area (Å²) in [4.78, 5) is 37.3. The number of amides is 2. The number of aromatic hydroxyl groups is 1. The standard InChI is InChI=1S/C29H32N4O4/c1-29-17-23-22-16-21(37-2)9-10-24(22)30-26(23)27(19-7-6-8-20(34)15-19)33(29)25(35)18-32(28(29)36)14-13-31-11-4-3-5-12-31/h3-4,6-10,15-16,27,30,34H,5,11-14,17-18H2,1-2H3/t27-,29+/m1/s1. The summed E-state index contributed by atoms with van der Waals surface area (Å²) in [5, 5.41) is 11.3. The van der Waals surface area contributed by atoms with Gasteiger partial charge in [-0.3, -0.25) is 14.5 Å². The molecule has 0 bridgehead atoms. The number of phenolic OH excluding ortho intramolecular Hbond substituents is 1. The lowest BCUT2D eigenvalue weighted by molar-refractivity contribution is -0.167. The molecule has 0 radical (unpaired) electrons. The van der Waals surface area contributed by atoms with Gasteiger partial charge in [-0.25, -0.2) is 0 Å². The maximum atomic E-state index is 14.1. The minimum Gasteiger partial charge on any atom is -0.508 e. The zero-order chi connectivity index (χ0) is 25.7. The Morgan fingerprint density at radius 1 is 1.14 bits per heavy atom. The number of nitrogens with one attached hydrogen (secondary N) is 1. The first kappa shape index (κ1) is 23.6. The SMILES string of the molecule is COc1ccc2[nH]c3c(c2c1)C[C@@]1(C)C(=O)N(CCN2CC=CCC2)CC(=O)N1[C@@H]3c1cccc(O)c1. The van der Waals surface area contributed by atoms with Crippen molar-refractivity contribution < 1.29 is 19.4 Å². The van der Waals surface area contributed by atoms with E-state index in [1.807, 2.05) is 31.2 Å². The van der Waals surface area contributed by atoms with Gasteiger partial charge < -0.3 is 24.6 Å². The van der Waals surface area contributed by atoms with Crippen LogP contribution in [0.5, 0.6) is 11.5 Å². The molecule has 37 heavy (non-hydrogen) atoms. The van der Waals surface area contributed by atoms with Gasteiger partial charge in [-0.1, -0.05) is 24.3 Å². The first-order chi connectivity index (χ1) is 17.9. The highest BCUT2D eigenvalue weighted by atomic mass is 16.5. The predicted octanol–water partition coefficient (Wildman–Crippen LogP) is 3.22. The quantitative estimate of drug-likeness (QED) is 0.525. The number of phenols is 1. The Bertz CT molecular complexity index is 1410. The number of carbonyl (C=O) groups is 2. The highest BCUT2D eigenvalue weighted by molar-refractivity contribution is 6.00. The fraction of sp³-hybridized carbons (Fsp3) is 0.379. The van der Waals surface area contributed by atoms with Gasteiger partial charge in [-0.2, -0.15) is 0 Å². The average molecular weight is 501 g/mol. The number of H-pyrrole nitrogens is 1. The number of fused-ring (bicyclic) bond motifs is 4. The lowest BCUT2D eigenvalue weighted by Gasteiger charge is -2.53. The second-order valence-electron chi connectivity index (χ2n) is 10.4. The number of rotatable bonds is 5. The summed E-state index contributed by atoms with van der Waals surface area (Å²) in [6.45, 7) is 5.05. The molecule has 2 amide bonds. The molecule has 2 aromatic carbocycles. The third-order valence-electron chi connectivity index (χ3n) is 8.09. The summed E-state index contributed by atoms with van der Waals surface area (Å²) >= 11 is 0. The van der Waals surface area contributed by atoms with E-state index < -0.39 is 11.6 Å². The van der Waals surface area contributed by atoms with Gasteiger partial charge in [-0.15, -0.1) is 0 Å². The van der Waals surface area contributed by atoms with Crippen LogP contribution in [0.25, 0.3) is 10.9 Å². The molecular formula is C29H32N4O4. The molecule has 3 aromatic rings. The van der Waals surface area contributed by atoms with Crippen molar-refractivity contribution in [1.82, 2.24) is 19.7 Å². The van der Waals surface area contributed by atoms with Crippen molar-refractivity contribution in [2.45, 2.75) is 31.3 Å². The molecule has 2 atom stereocenters. The van der Waals surface area contributed by atoms with Crippen LogP contribution in [-0.2, 0) is 16.0 Å². The molecule has 3 aliphatic heterocycles. The Morgan fingerprint density at radius 3 is 2.76 bits per heavy atom. The van der Waals surface area contributed by atoms with Crippen molar-refractivity contribution in [2.75, 3.05) is 39.8 Å². The van der Waals surface area contributed by atoms with Gasteiger partial charge in [-0.05, 0) is 54.8 Å². The van der Waals surface area contributed by atoms with Gasteiger partial charge in [0, 0.05) is 49.2 Å². The number of methoxy groups -OCH3 is 1. The van der Waals surface area contributed by atoms with Crippen LogP contribution in [0, 0.1) is 0 Å². The van der Waals surface area contributed by atoms with Crippen LogP contribution >= 0.6 is 0 Å². The van der Waals surface area contributed by atoms with Gasteiger partial charge in [0.05, 0.1) is 19.7 Å². The molecule has 1 aromatic heterocycles. The molecule has 0 saturated carbocycles. The molecule has 0 unspecified atom stereocenters. The third-order valence-corrected chi connectivity index (χ3v) is 8.09. The topological polar surface area (TPSA) is 89.1 Å². The first-order valence-electron chi connectivity index (χ1n) is 12.9. The van der Waals surface area contributed by atoms with Crippen molar-refractivity contribution in [3.05, 3.63) is 71.4 Å². The van der Waals surface area contributed by atoms with E-state index in [1.165, 1.54) is 0 Å². The summed E-state index contributed by atoms with van der Waals surface area (Å²) in [5.74, 6) is 0.736. The third kappa shape index (κ3) is 3.87. The highest BCUT2D eigenvalue weighted by Crippen LogP contribution is 2.47. The Balaban J connectivity index is 1.44. The van der Waals surface area contributed by atoms with Crippen LogP contribution in [0.15, 0.2) is 54.6 Å². The van der Waals surface area contributed by atoms with Crippen molar-refractivity contribution in [3.8, 4) is 11.5 Å². The maximum Gasteiger partial charge on any atom is 0.249 e. The summed E-state index contributed by atoms with van der Waals surface area (Å²) in [5.41, 5.74) is 2.51. The summed E-state index contributed by atoms with van der Waals surface area (Å²) in [6.07, 6.45) is 5.75. The summed E-state index contributed by atoms with van der Waals surface area (Å²) in [7, 11) is 1.64. The molecule has 0 spiro atoms. The summed E-state index contributed by atoms with van der Waals surface area (Å²) in [6, 6.07) is 12.3. The smallest absolute Gasteiger partial charge is 0.249 e. The van der Waals surface area contributed by atoms with E-state index in [2.05, 4.69) is 22.0 Å². The molecular weight excluding hydrogens is 468 g/mol. The predicted molar refractivity (Wildman–Crippen MR) is 141 cm³/mol. The molecule has 8 nitrogen and oxygen atoms in total. The molecule has 6 rings (SSSR count). The molecule has 0 aliphatic carbocycles. The Morgan fingerprint density at radius 2 is 2.00 bits per heavy atom. The Kier molecular flexibility index (Phi) is 5.71. The minimum atomic E-state index is -1.06. The van der Waals surface area contributed by atoms with Crippen molar-refractivity contribution in [3.63, 3.8) is 0 Å². The number of piperazine rings is 1. The van der Waals surface area contributed by atoms with Crippen LogP contribution in [0.2, 0.25) is 0 Å². The van der Waals surface area contributed by atoms with E-state index >= 15 is 0 Å². The Hall–Kier alpha value is -3.78. The van der Waals surface area contributed by atoms with Gasteiger partial charge in [0.15, 0.2) is 0 Å². The molecule has 1 saturated heterocycles. The van der Waals surface area contributed by atoms with E-state index in [1.54, 1.807) is 35.1 Å². The Labute approximate surface area is 216 Å². The number of hydrogen-bond acceptors (Lipinski definition) is 5. The second kappa shape index (κ2) is 8.95. The number of ether oxygens (including phenoxy) is 1. The maximum absolute atomic E-state index is 14.1. The van der Waals surface area contributed by atoms with Crippen LogP contribution in [0.4, 0.5) is 0 Å². The number of nitrogens with zero attached hydrogens (tertiary/aromatic N) is 3. The largest absolute Gasteiger partial charge is 0.508 e. The molecule has 4 heterocycles. The average Bonchev–Trinajstić information content (AvgIpc) is 3.26. The van der Waals surface area contributed by atoms with Gasteiger partial charge in [0.2, 0.25) is 11.8 Å². The van der Waals surface area contributed by atoms with Crippen molar-refractivity contribution in [2.24, 2.45) is 0 Å². The van der Waals surface area contributed by atoms with Gasteiger partial charge in [0.1, 0.15) is 17.0 Å². The van der Waals surface area contributed by atoms with E-state index in [0.717, 1.165) is 59.5 Å². The van der Waals surface area contributed by atoms with Crippen LogP contribution in [-0.4, -0.2) is 82.0 Å². The van der Waals surface area contributed by atoms with Gasteiger partial charge in [0.25, 0.3) is 0 Å². The zero-order valence-corrected chi connectivity index (χ0v) is 21.2. The van der Waals surface area contributed by atoms with E-state index in [9.17, 15) is 14.7 Å². The zero-order valence-electron chi connectivity index (χ0n) is 21.2. The highest BCUT2D eigenvalue weighted by Gasteiger charge is 2.56. The van der Waals surface area contributed by atoms with Crippen molar-refractivity contribution in [1.29, 1.82) is 0 Å². The number of benzene rings is 2. The van der Waals surface area contributed by atoms with Crippen LogP contribution in [0.1, 0.15) is 36.2 Å². The summed E-state index contributed by atoms with van der Waals surface area (Å²) < 4.78 is 5.49. The van der Waals surface area contributed by atoms with E-state index in [-0.39, 0.29) is 24.1 Å². The van der Waals surface area contributed by atoms with Crippen LogP contribution < -0.4 is 4.74 Å². The first-order valence-corrected chi connectivity index (χ1v) is 12.9. The fourth-order valence-corrected chi connectivity index (χ4v) is 6.24. The number of aromatic nitrogens is 1. The number of hydrogen-bond donors (Lipinski definition) is 2. The van der Waals surface area contributed by atoms with Gasteiger partial charge >= 0.3 is 0 Å².